The van der Waals surface area contributed by atoms with Crippen LogP contribution in [0.4, 0.5) is 5.82 Å². The van der Waals surface area contributed by atoms with Gasteiger partial charge in [0.05, 0.1) is 17.0 Å². The predicted octanol–water partition coefficient (Wildman–Crippen LogP) is 1.93. The molecule has 0 bridgehead atoms. The number of hydrogen-bond acceptors (Lipinski definition) is 8. The molecule has 0 saturated carbocycles. The molecule has 10 heteroatoms. The Morgan fingerprint density at radius 1 is 1.16 bits per heavy atom. The summed E-state index contributed by atoms with van der Waals surface area (Å²) in [4.78, 5) is 13.2. The van der Waals surface area contributed by atoms with Crippen molar-refractivity contribution in [2.24, 2.45) is 0 Å². The van der Waals surface area contributed by atoms with Crippen molar-refractivity contribution in [2.45, 2.75) is 56.6 Å². The maximum absolute atomic E-state index is 12.2. The van der Waals surface area contributed by atoms with E-state index in [2.05, 4.69) is 15.2 Å². The van der Waals surface area contributed by atoms with Crippen molar-refractivity contribution in [1.82, 2.24) is 25.0 Å². The maximum atomic E-state index is 12.2. The lowest BCUT2D eigenvalue weighted by molar-refractivity contribution is 0.0839. The summed E-state index contributed by atoms with van der Waals surface area (Å²) < 4.78 is 24.3. The monoisotopic (exact) mass is 444 g/mol. The molecular weight excluding hydrogens is 416 g/mol. The fraction of sp³-hybridized carbons (Fsp3) is 0.524. The smallest absolute Gasteiger partial charge is 0.207 e. The molecule has 1 aromatic carbocycles. The molecule has 0 spiro atoms. The molecule has 1 saturated heterocycles. The second-order valence-electron chi connectivity index (χ2n) is 9.57. The number of aromatic nitrogens is 5. The van der Waals surface area contributed by atoms with Gasteiger partial charge in [-0.3, -0.25) is 0 Å². The van der Waals surface area contributed by atoms with Gasteiger partial charge in [0.15, 0.2) is 21.2 Å². The molecule has 1 atom stereocenters. The van der Waals surface area contributed by atoms with Gasteiger partial charge >= 0.3 is 0 Å². The Morgan fingerprint density at radius 3 is 2.48 bits per heavy atom. The Kier molecular flexibility index (Phi) is 5.05. The van der Waals surface area contributed by atoms with Crippen molar-refractivity contribution < 1.29 is 13.5 Å². The first kappa shape index (κ1) is 21.6. The SMILES string of the molecule is CC(C)(C)c1nc(N2CC[C@@](C)(O)C2)c2nn(Cc3ccccc3S(C)(=O)=O)nc2n1. The highest BCUT2D eigenvalue weighted by Gasteiger charge is 2.34. The maximum Gasteiger partial charge on any atom is 0.207 e. The van der Waals surface area contributed by atoms with E-state index in [1.54, 1.807) is 24.3 Å². The third kappa shape index (κ3) is 4.40. The molecule has 31 heavy (non-hydrogen) atoms. The summed E-state index contributed by atoms with van der Waals surface area (Å²) in [6, 6.07) is 6.84. The molecule has 0 amide bonds. The topological polar surface area (TPSA) is 114 Å². The van der Waals surface area contributed by atoms with Gasteiger partial charge in [0.25, 0.3) is 0 Å². The zero-order chi connectivity index (χ0) is 22.6. The molecular formula is C21H28N6O3S. The van der Waals surface area contributed by atoms with Crippen molar-refractivity contribution in [3.05, 3.63) is 35.7 Å². The Balaban J connectivity index is 1.81. The van der Waals surface area contributed by atoms with Gasteiger partial charge in [0.1, 0.15) is 5.82 Å². The normalized spacial score (nSPS) is 20.0. The van der Waals surface area contributed by atoms with Crippen LogP contribution in [0.2, 0.25) is 0 Å². The summed E-state index contributed by atoms with van der Waals surface area (Å²) in [6.45, 7) is 9.22. The fourth-order valence-corrected chi connectivity index (χ4v) is 4.67. The lowest BCUT2D eigenvalue weighted by atomic mass is 9.96. The van der Waals surface area contributed by atoms with Gasteiger partial charge in [0, 0.05) is 24.8 Å². The van der Waals surface area contributed by atoms with Crippen molar-refractivity contribution in [3.8, 4) is 0 Å². The van der Waals surface area contributed by atoms with E-state index in [1.807, 2.05) is 32.6 Å². The summed E-state index contributed by atoms with van der Waals surface area (Å²) in [6.07, 6.45) is 1.83. The molecule has 0 aliphatic carbocycles. The fourth-order valence-electron chi connectivity index (χ4n) is 3.74. The molecule has 0 radical (unpaired) electrons. The average molecular weight is 445 g/mol. The van der Waals surface area contributed by atoms with Crippen LogP contribution in [0.25, 0.3) is 11.2 Å². The standard InChI is InChI=1S/C21H28N6O3S/c1-20(2,3)19-22-17-16(18(23-19)26-11-10-21(4,28)13-26)24-27(25-17)12-14-8-6-7-9-15(14)31(5,29)30/h6-9,28H,10-13H2,1-5H3/t21-/m1/s1. The minimum Gasteiger partial charge on any atom is -0.388 e. The molecule has 1 aliphatic rings. The van der Waals surface area contributed by atoms with Crippen LogP contribution in [0.5, 0.6) is 0 Å². The molecule has 1 aliphatic heterocycles. The van der Waals surface area contributed by atoms with E-state index in [-0.39, 0.29) is 16.9 Å². The number of aliphatic hydroxyl groups is 1. The van der Waals surface area contributed by atoms with E-state index in [9.17, 15) is 13.5 Å². The van der Waals surface area contributed by atoms with Gasteiger partial charge in [-0.15, -0.1) is 10.2 Å². The van der Waals surface area contributed by atoms with Crippen molar-refractivity contribution in [1.29, 1.82) is 0 Å². The van der Waals surface area contributed by atoms with Crippen LogP contribution in [-0.4, -0.2) is 63.4 Å². The number of fused-ring (bicyclic) bond motifs is 1. The zero-order valence-electron chi connectivity index (χ0n) is 18.5. The number of hydrogen-bond donors (Lipinski definition) is 1. The van der Waals surface area contributed by atoms with E-state index in [0.717, 1.165) is 0 Å². The summed E-state index contributed by atoms with van der Waals surface area (Å²) in [5.41, 5.74) is 0.530. The summed E-state index contributed by atoms with van der Waals surface area (Å²) in [5.74, 6) is 1.29. The number of anilines is 1. The number of rotatable bonds is 4. The van der Waals surface area contributed by atoms with Crippen LogP contribution in [0.1, 0.15) is 45.5 Å². The van der Waals surface area contributed by atoms with Crippen molar-refractivity contribution >= 4 is 26.8 Å². The van der Waals surface area contributed by atoms with Gasteiger partial charge in [-0.2, -0.15) is 4.80 Å². The van der Waals surface area contributed by atoms with Crippen LogP contribution in [-0.2, 0) is 21.8 Å². The first-order valence-electron chi connectivity index (χ1n) is 10.2. The minimum atomic E-state index is -3.38. The Hall–Kier alpha value is -2.59. The van der Waals surface area contributed by atoms with Crippen LogP contribution in [0.15, 0.2) is 29.2 Å². The highest BCUT2D eigenvalue weighted by atomic mass is 32.2. The van der Waals surface area contributed by atoms with E-state index >= 15 is 0 Å². The first-order valence-corrected chi connectivity index (χ1v) is 12.1. The van der Waals surface area contributed by atoms with Gasteiger partial charge in [-0.1, -0.05) is 39.0 Å². The van der Waals surface area contributed by atoms with Crippen LogP contribution in [0.3, 0.4) is 0 Å². The van der Waals surface area contributed by atoms with Gasteiger partial charge in [0.2, 0.25) is 5.65 Å². The molecule has 3 aromatic rings. The largest absolute Gasteiger partial charge is 0.388 e. The average Bonchev–Trinajstić information content (AvgIpc) is 3.21. The molecule has 4 rings (SSSR count). The highest BCUT2D eigenvalue weighted by Crippen LogP contribution is 2.31. The van der Waals surface area contributed by atoms with Gasteiger partial charge in [-0.05, 0) is 25.0 Å². The lowest BCUT2D eigenvalue weighted by Crippen LogP contribution is -2.31. The Morgan fingerprint density at radius 2 is 1.87 bits per heavy atom. The summed E-state index contributed by atoms with van der Waals surface area (Å²) in [5, 5.41) is 19.6. The van der Waals surface area contributed by atoms with E-state index in [0.29, 0.717) is 47.9 Å². The van der Waals surface area contributed by atoms with E-state index in [4.69, 9.17) is 4.98 Å². The molecule has 2 aromatic heterocycles. The lowest BCUT2D eigenvalue weighted by Gasteiger charge is -2.22. The second kappa shape index (κ2) is 7.23. The summed E-state index contributed by atoms with van der Waals surface area (Å²) >= 11 is 0. The highest BCUT2D eigenvalue weighted by molar-refractivity contribution is 7.90. The second-order valence-corrected chi connectivity index (χ2v) is 11.6. The van der Waals surface area contributed by atoms with E-state index < -0.39 is 15.4 Å². The number of sulfone groups is 1. The number of β-amino-alcohol motifs (C(OH)–C–C–N with tert-alkyl or cyclic N) is 1. The molecule has 0 unspecified atom stereocenters. The van der Waals surface area contributed by atoms with Gasteiger partial charge < -0.3 is 10.0 Å². The third-order valence-corrected chi connectivity index (χ3v) is 6.58. The quantitative estimate of drug-likeness (QED) is 0.649. The first-order chi connectivity index (χ1) is 14.3. The molecule has 1 fully saturated rings. The third-order valence-electron chi connectivity index (χ3n) is 5.38. The number of nitrogens with zero attached hydrogens (tertiary/aromatic N) is 6. The van der Waals surface area contributed by atoms with Crippen LogP contribution >= 0.6 is 0 Å². The van der Waals surface area contributed by atoms with Gasteiger partial charge in [-0.25, -0.2) is 18.4 Å². The van der Waals surface area contributed by atoms with Crippen molar-refractivity contribution in [3.63, 3.8) is 0 Å². The number of benzene rings is 1. The summed E-state index contributed by atoms with van der Waals surface area (Å²) in [7, 11) is -3.38. The minimum absolute atomic E-state index is 0.196. The van der Waals surface area contributed by atoms with E-state index in [1.165, 1.54) is 11.1 Å². The zero-order valence-corrected chi connectivity index (χ0v) is 19.3. The van der Waals surface area contributed by atoms with Crippen LogP contribution < -0.4 is 4.90 Å². The predicted molar refractivity (Wildman–Crippen MR) is 118 cm³/mol. The van der Waals surface area contributed by atoms with Crippen LogP contribution in [0, 0.1) is 0 Å². The van der Waals surface area contributed by atoms with Crippen molar-refractivity contribution in [2.75, 3.05) is 24.2 Å². The Bertz CT molecular complexity index is 1240. The molecule has 9 nitrogen and oxygen atoms in total. The molecule has 166 valence electrons. The Labute approximate surface area is 182 Å². The molecule has 3 heterocycles. The molecule has 1 N–H and O–H groups in total.